The molecule has 1 atom stereocenters. The van der Waals surface area contributed by atoms with Crippen molar-refractivity contribution in [3.8, 4) is 0 Å². The summed E-state index contributed by atoms with van der Waals surface area (Å²) in [6.07, 6.45) is -1.60. The minimum atomic E-state index is -0.797. The number of hydrogen-bond donors (Lipinski definition) is 1. The number of methoxy groups -OCH3 is 1. The number of amides is 1. The van der Waals surface area contributed by atoms with Crippen LogP contribution in [0.2, 0.25) is 0 Å². The Morgan fingerprint density at radius 3 is 2.45 bits per heavy atom. The second-order valence-corrected chi connectivity index (χ2v) is 4.45. The standard InChI is InChI=1S/C15H19NO6/c1-11(17)22-13(8-14(18)20-2)9-16-15(19)21-10-12-6-4-3-5-7-12/h3-7,13H,8-10H2,1-2H3,(H,16,19)/t13-/m1/s1. The first-order valence-electron chi connectivity index (χ1n) is 6.70. The topological polar surface area (TPSA) is 90.9 Å². The molecule has 120 valence electrons. The van der Waals surface area contributed by atoms with Crippen molar-refractivity contribution in [2.24, 2.45) is 0 Å². The van der Waals surface area contributed by atoms with E-state index in [1.165, 1.54) is 14.0 Å². The Labute approximate surface area is 128 Å². The maximum absolute atomic E-state index is 11.6. The van der Waals surface area contributed by atoms with E-state index in [9.17, 15) is 14.4 Å². The molecule has 0 unspecified atom stereocenters. The van der Waals surface area contributed by atoms with Crippen molar-refractivity contribution in [3.05, 3.63) is 35.9 Å². The molecule has 0 bridgehead atoms. The van der Waals surface area contributed by atoms with Gasteiger partial charge < -0.3 is 19.5 Å². The van der Waals surface area contributed by atoms with Crippen molar-refractivity contribution < 1.29 is 28.6 Å². The fourth-order valence-electron chi connectivity index (χ4n) is 1.63. The van der Waals surface area contributed by atoms with Crippen molar-refractivity contribution in [1.29, 1.82) is 0 Å². The van der Waals surface area contributed by atoms with Crippen LogP contribution in [0.4, 0.5) is 4.79 Å². The van der Waals surface area contributed by atoms with Crippen molar-refractivity contribution >= 4 is 18.0 Å². The fourth-order valence-corrected chi connectivity index (χ4v) is 1.63. The summed E-state index contributed by atoms with van der Waals surface area (Å²) >= 11 is 0. The van der Waals surface area contributed by atoms with Gasteiger partial charge in [0.1, 0.15) is 12.7 Å². The van der Waals surface area contributed by atoms with Gasteiger partial charge >= 0.3 is 18.0 Å². The molecule has 1 aromatic rings. The first-order chi connectivity index (χ1) is 10.5. The van der Waals surface area contributed by atoms with Crippen LogP contribution in [0, 0.1) is 0 Å². The van der Waals surface area contributed by atoms with Gasteiger partial charge in [-0.1, -0.05) is 30.3 Å². The summed E-state index contributed by atoms with van der Waals surface area (Å²) in [6.45, 7) is 1.31. The fraction of sp³-hybridized carbons (Fsp3) is 0.400. The third-order valence-corrected chi connectivity index (χ3v) is 2.64. The van der Waals surface area contributed by atoms with E-state index in [0.717, 1.165) is 5.56 Å². The third-order valence-electron chi connectivity index (χ3n) is 2.64. The number of carbonyl (C=O) groups excluding carboxylic acids is 3. The summed E-state index contributed by atoms with van der Waals surface area (Å²) in [5, 5.41) is 2.44. The number of hydrogen-bond acceptors (Lipinski definition) is 6. The molecule has 7 heteroatoms. The van der Waals surface area contributed by atoms with Gasteiger partial charge in [-0.3, -0.25) is 9.59 Å². The molecule has 0 saturated heterocycles. The van der Waals surface area contributed by atoms with E-state index in [4.69, 9.17) is 9.47 Å². The van der Waals surface area contributed by atoms with E-state index in [-0.39, 0.29) is 19.6 Å². The molecule has 1 amide bonds. The van der Waals surface area contributed by atoms with Gasteiger partial charge in [-0.2, -0.15) is 0 Å². The number of ether oxygens (including phenoxy) is 3. The molecule has 0 radical (unpaired) electrons. The van der Waals surface area contributed by atoms with Crippen LogP contribution in [-0.4, -0.2) is 37.8 Å². The lowest BCUT2D eigenvalue weighted by Gasteiger charge is -2.16. The second kappa shape index (κ2) is 9.38. The number of benzene rings is 1. The van der Waals surface area contributed by atoms with E-state index in [1.54, 1.807) is 0 Å². The molecule has 0 aliphatic heterocycles. The smallest absolute Gasteiger partial charge is 0.407 e. The van der Waals surface area contributed by atoms with Gasteiger partial charge in [-0.25, -0.2) is 4.79 Å². The van der Waals surface area contributed by atoms with Crippen LogP contribution in [0.15, 0.2) is 30.3 Å². The van der Waals surface area contributed by atoms with Crippen LogP contribution in [0.1, 0.15) is 18.9 Å². The van der Waals surface area contributed by atoms with Crippen molar-refractivity contribution in [3.63, 3.8) is 0 Å². The SMILES string of the molecule is COC(=O)C[C@H](CNC(=O)OCc1ccccc1)OC(C)=O. The number of nitrogens with one attached hydrogen (secondary N) is 1. The van der Waals surface area contributed by atoms with E-state index >= 15 is 0 Å². The quantitative estimate of drug-likeness (QED) is 0.605. The third kappa shape index (κ3) is 7.28. The van der Waals surface area contributed by atoms with Crippen molar-refractivity contribution in [2.45, 2.75) is 26.1 Å². The van der Waals surface area contributed by atoms with Gasteiger partial charge in [0.15, 0.2) is 0 Å². The summed E-state index contributed by atoms with van der Waals surface area (Å²) in [5.74, 6) is -1.08. The number of rotatable bonds is 7. The second-order valence-electron chi connectivity index (χ2n) is 4.45. The highest BCUT2D eigenvalue weighted by atomic mass is 16.6. The predicted molar refractivity (Wildman–Crippen MR) is 76.8 cm³/mol. The normalized spacial score (nSPS) is 11.2. The van der Waals surface area contributed by atoms with Crippen molar-refractivity contribution in [2.75, 3.05) is 13.7 Å². The Hall–Kier alpha value is -2.57. The van der Waals surface area contributed by atoms with E-state index in [0.29, 0.717) is 0 Å². The molecule has 22 heavy (non-hydrogen) atoms. The van der Waals surface area contributed by atoms with E-state index in [2.05, 4.69) is 10.1 Å². The Bertz CT molecular complexity index is 502. The molecule has 0 heterocycles. The van der Waals surface area contributed by atoms with Gasteiger partial charge in [-0.05, 0) is 5.56 Å². The molecular weight excluding hydrogens is 290 g/mol. The van der Waals surface area contributed by atoms with E-state index < -0.39 is 24.1 Å². The Kier molecular flexibility index (Phi) is 7.45. The lowest BCUT2D eigenvalue weighted by Crippen LogP contribution is -2.36. The molecular formula is C15H19NO6. The Morgan fingerprint density at radius 1 is 1.18 bits per heavy atom. The zero-order chi connectivity index (χ0) is 16.4. The monoisotopic (exact) mass is 309 g/mol. The molecule has 0 fully saturated rings. The Balaban J connectivity index is 2.37. The molecule has 0 spiro atoms. The highest BCUT2D eigenvalue weighted by molar-refractivity contribution is 5.72. The van der Waals surface area contributed by atoms with Gasteiger partial charge in [0.25, 0.3) is 0 Å². The first kappa shape index (κ1) is 17.5. The lowest BCUT2D eigenvalue weighted by molar-refractivity contribution is -0.151. The molecule has 1 aromatic carbocycles. The van der Waals surface area contributed by atoms with Crippen LogP contribution in [-0.2, 0) is 30.4 Å². The summed E-state index contributed by atoms with van der Waals surface area (Å²) in [5.41, 5.74) is 0.851. The molecule has 1 N–H and O–H groups in total. The number of alkyl carbamates (subject to hydrolysis) is 1. The summed E-state index contributed by atoms with van der Waals surface area (Å²) in [6, 6.07) is 9.19. The van der Waals surface area contributed by atoms with Gasteiger partial charge in [0.2, 0.25) is 0 Å². The average Bonchev–Trinajstić information content (AvgIpc) is 2.51. The van der Waals surface area contributed by atoms with Gasteiger partial charge in [0, 0.05) is 6.92 Å². The highest BCUT2D eigenvalue weighted by Crippen LogP contribution is 2.02. The van der Waals surface area contributed by atoms with Crippen LogP contribution < -0.4 is 5.32 Å². The summed E-state index contributed by atoms with van der Waals surface area (Å²) in [4.78, 5) is 33.7. The summed E-state index contributed by atoms with van der Waals surface area (Å²) in [7, 11) is 1.23. The highest BCUT2D eigenvalue weighted by Gasteiger charge is 2.18. The maximum Gasteiger partial charge on any atom is 0.407 e. The molecule has 1 rings (SSSR count). The molecule has 0 aliphatic rings. The largest absolute Gasteiger partial charge is 0.469 e. The first-order valence-corrected chi connectivity index (χ1v) is 6.70. The lowest BCUT2D eigenvalue weighted by atomic mass is 10.2. The number of esters is 2. The van der Waals surface area contributed by atoms with Crippen LogP contribution in [0.3, 0.4) is 0 Å². The van der Waals surface area contributed by atoms with Crippen LogP contribution in [0.25, 0.3) is 0 Å². The van der Waals surface area contributed by atoms with Crippen LogP contribution >= 0.6 is 0 Å². The average molecular weight is 309 g/mol. The van der Waals surface area contributed by atoms with E-state index in [1.807, 2.05) is 30.3 Å². The molecule has 0 aliphatic carbocycles. The predicted octanol–water partition coefficient (Wildman–Crippen LogP) is 1.41. The minimum absolute atomic E-state index is 0.0394. The summed E-state index contributed by atoms with van der Waals surface area (Å²) < 4.78 is 14.4. The Morgan fingerprint density at radius 2 is 1.86 bits per heavy atom. The minimum Gasteiger partial charge on any atom is -0.469 e. The zero-order valence-electron chi connectivity index (χ0n) is 12.5. The van der Waals surface area contributed by atoms with Gasteiger partial charge in [-0.15, -0.1) is 0 Å². The molecule has 7 nitrogen and oxygen atoms in total. The van der Waals surface area contributed by atoms with Gasteiger partial charge in [0.05, 0.1) is 20.1 Å². The van der Waals surface area contributed by atoms with Crippen LogP contribution in [0.5, 0.6) is 0 Å². The molecule has 0 aromatic heterocycles. The maximum atomic E-state index is 11.6. The zero-order valence-corrected chi connectivity index (χ0v) is 12.5. The number of carbonyl (C=O) groups is 3. The van der Waals surface area contributed by atoms with Crippen molar-refractivity contribution in [1.82, 2.24) is 5.32 Å². The molecule has 0 saturated carbocycles.